The maximum Gasteiger partial charge on any atom is 0.252 e. The van der Waals surface area contributed by atoms with Gasteiger partial charge in [0.15, 0.2) is 0 Å². The molecule has 19 heavy (non-hydrogen) atoms. The van der Waals surface area contributed by atoms with Crippen LogP contribution in [0.4, 0.5) is 0 Å². The van der Waals surface area contributed by atoms with Gasteiger partial charge in [-0.05, 0) is 12.1 Å². The van der Waals surface area contributed by atoms with Crippen molar-refractivity contribution < 1.29 is 0 Å². The summed E-state index contributed by atoms with van der Waals surface area (Å²) in [5.74, 6) is 0.176. The number of aromatic nitrogens is 5. The van der Waals surface area contributed by atoms with Gasteiger partial charge in [-0.1, -0.05) is 18.2 Å². The predicted molar refractivity (Wildman–Crippen MR) is 67.4 cm³/mol. The lowest BCUT2D eigenvalue weighted by molar-refractivity contribution is 0.682. The molecule has 0 N–H and O–H groups in total. The van der Waals surface area contributed by atoms with Crippen LogP contribution in [0.25, 0.3) is 5.69 Å². The lowest BCUT2D eigenvalue weighted by Crippen LogP contribution is -1.99. The summed E-state index contributed by atoms with van der Waals surface area (Å²) in [4.78, 5) is 3.86. The summed E-state index contributed by atoms with van der Waals surface area (Å²) in [6, 6.07) is 11.8. The molecule has 2 aromatic heterocycles. The zero-order valence-electron chi connectivity index (χ0n) is 10.0. The van der Waals surface area contributed by atoms with Crippen molar-refractivity contribution in [1.29, 1.82) is 5.26 Å². The van der Waals surface area contributed by atoms with E-state index in [1.54, 1.807) is 21.9 Å². The molecule has 0 radical (unpaired) electrons. The number of nitriles is 1. The summed E-state index contributed by atoms with van der Waals surface area (Å²) in [7, 11) is 0. The third-order valence-corrected chi connectivity index (χ3v) is 2.64. The normalized spacial score (nSPS) is 10.3. The molecule has 2 heterocycles. The number of benzene rings is 1. The van der Waals surface area contributed by atoms with Crippen molar-refractivity contribution in [3.63, 3.8) is 0 Å². The van der Waals surface area contributed by atoms with Crippen LogP contribution < -0.4 is 0 Å². The minimum absolute atomic E-state index is 0.176. The van der Waals surface area contributed by atoms with E-state index in [9.17, 15) is 0 Å². The molecular weight excluding hydrogens is 240 g/mol. The first-order valence-electron chi connectivity index (χ1n) is 5.74. The fourth-order valence-electron chi connectivity index (χ4n) is 1.77. The topological polar surface area (TPSA) is 72.3 Å². The molecule has 0 bridgehead atoms. The fourth-order valence-corrected chi connectivity index (χ4v) is 1.77. The second-order valence-electron chi connectivity index (χ2n) is 4.01. The van der Waals surface area contributed by atoms with E-state index in [-0.39, 0.29) is 5.82 Å². The molecule has 0 saturated carbocycles. The predicted octanol–water partition coefficient (Wildman–Crippen LogP) is 1.38. The van der Waals surface area contributed by atoms with E-state index in [0.717, 1.165) is 11.3 Å². The van der Waals surface area contributed by atoms with Crippen molar-refractivity contribution in [1.82, 2.24) is 24.5 Å². The van der Waals surface area contributed by atoms with Crippen LogP contribution in [0.1, 0.15) is 11.4 Å². The first kappa shape index (κ1) is 11.2. The van der Waals surface area contributed by atoms with Crippen LogP contribution in [0.5, 0.6) is 0 Å². The minimum atomic E-state index is 0.176. The summed E-state index contributed by atoms with van der Waals surface area (Å²) in [5, 5.41) is 17.0. The number of para-hydroxylation sites is 1. The first-order valence-corrected chi connectivity index (χ1v) is 5.74. The molecule has 0 atom stereocenters. The summed E-state index contributed by atoms with van der Waals surface area (Å²) in [6.07, 6.45) is 5.25. The van der Waals surface area contributed by atoms with Crippen molar-refractivity contribution in [2.24, 2.45) is 0 Å². The molecule has 0 aliphatic carbocycles. The SMILES string of the molecule is N#Cc1ncn(Cc2cnn(-c3ccccc3)c2)n1. The average Bonchev–Trinajstić information content (AvgIpc) is 3.09. The van der Waals surface area contributed by atoms with Crippen LogP contribution in [0.2, 0.25) is 0 Å². The van der Waals surface area contributed by atoms with Crippen molar-refractivity contribution in [3.05, 3.63) is 60.4 Å². The van der Waals surface area contributed by atoms with Crippen LogP contribution in [0.3, 0.4) is 0 Å². The van der Waals surface area contributed by atoms with Crippen molar-refractivity contribution in [3.8, 4) is 11.8 Å². The van der Waals surface area contributed by atoms with Crippen molar-refractivity contribution in [2.75, 3.05) is 0 Å². The van der Waals surface area contributed by atoms with Gasteiger partial charge in [-0.3, -0.25) is 0 Å². The maximum absolute atomic E-state index is 8.67. The molecule has 0 spiro atoms. The van der Waals surface area contributed by atoms with Crippen LogP contribution >= 0.6 is 0 Å². The summed E-state index contributed by atoms with van der Waals surface area (Å²) >= 11 is 0. The van der Waals surface area contributed by atoms with E-state index in [0.29, 0.717) is 6.54 Å². The second kappa shape index (κ2) is 4.74. The first-order chi connectivity index (χ1) is 9.35. The summed E-state index contributed by atoms with van der Waals surface area (Å²) < 4.78 is 3.42. The zero-order chi connectivity index (χ0) is 13.1. The Bertz CT molecular complexity index is 719. The Morgan fingerprint density at radius 2 is 2.05 bits per heavy atom. The number of hydrogen-bond donors (Lipinski definition) is 0. The van der Waals surface area contributed by atoms with E-state index >= 15 is 0 Å². The molecular formula is C13H10N6. The number of hydrogen-bond acceptors (Lipinski definition) is 4. The van der Waals surface area contributed by atoms with Crippen LogP contribution in [0.15, 0.2) is 49.1 Å². The smallest absolute Gasteiger partial charge is 0.247 e. The molecule has 0 aliphatic heterocycles. The highest BCUT2D eigenvalue weighted by molar-refractivity contribution is 5.30. The van der Waals surface area contributed by atoms with Crippen molar-refractivity contribution in [2.45, 2.75) is 6.54 Å². The highest BCUT2D eigenvalue weighted by Crippen LogP contribution is 2.08. The molecule has 1 aromatic carbocycles. The van der Waals surface area contributed by atoms with Gasteiger partial charge in [0.2, 0.25) is 0 Å². The molecule has 0 unspecified atom stereocenters. The highest BCUT2D eigenvalue weighted by atomic mass is 15.3. The van der Waals surface area contributed by atoms with Crippen LogP contribution in [-0.2, 0) is 6.54 Å². The molecule has 6 nitrogen and oxygen atoms in total. The third kappa shape index (κ3) is 2.35. The lowest BCUT2D eigenvalue weighted by atomic mass is 10.3. The molecule has 6 heteroatoms. The molecule has 3 rings (SSSR count). The second-order valence-corrected chi connectivity index (χ2v) is 4.01. The van der Waals surface area contributed by atoms with Crippen molar-refractivity contribution >= 4 is 0 Å². The monoisotopic (exact) mass is 250 g/mol. The van der Waals surface area contributed by atoms with Gasteiger partial charge in [0.25, 0.3) is 5.82 Å². The average molecular weight is 250 g/mol. The third-order valence-electron chi connectivity index (χ3n) is 2.64. The van der Waals surface area contributed by atoms with E-state index < -0.39 is 0 Å². The van der Waals surface area contributed by atoms with Gasteiger partial charge in [0.05, 0.1) is 18.4 Å². The standard InChI is InChI=1S/C13H10N6/c14-6-13-15-10-18(17-13)8-11-7-16-19(9-11)12-4-2-1-3-5-12/h1-5,7,9-10H,8H2. The fraction of sp³-hybridized carbons (Fsp3) is 0.0769. The van der Waals surface area contributed by atoms with Gasteiger partial charge < -0.3 is 0 Å². The lowest BCUT2D eigenvalue weighted by Gasteiger charge is -1.99. The number of nitrogens with zero attached hydrogens (tertiary/aromatic N) is 6. The molecule has 92 valence electrons. The van der Waals surface area contributed by atoms with E-state index in [4.69, 9.17) is 5.26 Å². The summed E-state index contributed by atoms with van der Waals surface area (Å²) in [5.41, 5.74) is 2.00. The Morgan fingerprint density at radius 3 is 2.79 bits per heavy atom. The molecule has 0 saturated heterocycles. The highest BCUT2D eigenvalue weighted by Gasteiger charge is 2.03. The number of rotatable bonds is 3. The van der Waals surface area contributed by atoms with Gasteiger partial charge in [-0.15, -0.1) is 5.10 Å². The maximum atomic E-state index is 8.67. The minimum Gasteiger partial charge on any atom is -0.247 e. The Morgan fingerprint density at radius 1 is 1.21 bits per heavy atom. The Labute approximate surface area is 109 Å². The van der Waals surface area contributed by atoms with Gasteiger partial charge in [-0.2, -0.15) is 10.4 Å². The molecule has 3 aromatic rings. The molecule has 0 amide bonds. The quantitative estimate of drug-likeness (QED) is 0.704. The van der Waals surface area contributed by atoms with Gasteiger partial charge in [0.1, 0.15) is 12.4 Å². The Kier molecular flexibility index (Phi) is 2.79. The molecule has 0 fully saturated rings. The van der Waals surface area contributed by atoms with Crippen LogP contribution in [0, 0.1) is 11.3 Å². The zero-order valence-corrected chi connectivity index (χ0v) is 10.0. The van der Waals surface area contributed by atoms with E-state index in [1.165, 1.54) is 0 Å². The van der Waals surface area contributed by atoms with Gasteiger partial charge >= 0.3 is 0 Å². The van der Waals surface area contributed by atoms with Gasteiger partial charge in [0, 0.05) is 11.8 Å². The van der Waals surface area contributed by atoms with Gasteiger partial charge in [-0.25, -0.2) is 14.3 Å². The van der Waals surface area contributed by atoms with Crippen LogP contribution in [-0.4, -0.2) is 24.5 Å². The summed E-state index contributed by atoms with van der Waals surface area (Å²) in [6.45, 7) is 0.543. The van der Waals surface area contributed by atoms with E-state index in [1.807, 2.05) is 42.6 Å². The Balaban J connectivity index is 1.80. The molecule has 0 aliphatic rings. The van der Waals surface area contributed by atoms with E-state index in [2.05, 4.69) is 15.2 Å². The Hall–Kier alpha value is -2.94. The largest absolute Gasteiger partial charge is 0.252 e.